The van der Waals surface area contributed by atoms with Gasteiger partial charge in [-0.25, -0.2) is 13.8 Å². The predicted octanol–water partition coefficient (Wildman–Crippen LogP) is 6.96. The molecule has 2 heterocycles. The molecule has 12 heteroatoms. The molecule has 1 unspecified atom stereocenters. The van der Waals surface area contributed by atoms with E-state index in [0.29, 0.717) is 11.9 Å². The number of carbonyl (C=O) groups excluding carboxylic acids is 1. The molecule has 2 aromatic heterocycles. The van der Waals surface area contributed by atoms with E-state index in [1.807, 2.05) is 0 Å². The Balaban J connectivity index is 1.93. The third kappa shape index (κ3) is 5.23. The van der Waals surface area contributed by atoms with Gasteiger partial charge in [-0.15, -0.1) is 0 Å². The van der Waals surface area contributed by atoms with Crippen LogP contribution in [0.4, 0.5) is 27.8 Å². The highest BCUT2D eigenvalue weighted by Gasteiger charge is 2.44. The number of anilines is 1. The lowest BCUT2D eigenvalue weighted by Gasteiger charge is -2.22. The Morgan fingerprint density at radius 3 is 2.29 bits per heavy atom. The third-order valence-electron chi connectivity index (χ3n) is 5.90. The molecule has 1 atom stereocenters. The fourth-order valence-corrected chi connectivity index (χ4v) is 4.68. The normalized spacial score (nSPS) is 12.6. The zero-order valence-electron chi connectivity index (χ0n) is 19.8. The number of aromatic nitrogens is 2. The minimum absolute atomic E-state index is 0.0789. The summed E-state index contributed by atoms with van der Waals surface area (Å²) in [5.41, 5.74) is -2.38. The summed E-state index contributed by atoms with van der Waals surface area (Å²) in [5.74, 6) is -5.14. The number of carbonyl (C=O) groups is 1. The molecule has 0 fully saturated rings. The van der Waals surface area contributed by atoms with Crippen molar-refractivity contribution >= 4 is 45.8 Å². The average Bonchev–Trinajstić information content (AvgIpc) is 2.83. The first-order valence-corrected chi connectivity index (χ1v) is 11.8. The summed E-state index contributed by atoms with van der Waals surface area (Å²) in [5, 5.41) is -0.737. The lowest BCUT2D eigenvalue weighted by Crippen LogP contribution is -2.27. The van der Waals surface area contributed by atoms with Crippen LogP contribution in [0.25, 0.3) is 16.7 Å². The number of fused-ring (bicyclic) bond motifs is 1. The van der Waals surface area contributed by atoms with Crippen LogP contribution in [0.1, 0.15) is 28.3 Å². The number of hydrogen-bond donors (Lipinski definition) is 0. The molecule has 0 bridgehead atoms. The van der Waals surface area contributed by atoms with Crippen molar-refractivity contribution in [3.05, 3.63) is 97.8 Å². The zero-order valence-corrected chi connectivity index (χ0v) is 21.3. The van der Waals surface area contributed by atoms with Gasteiger partial charge >= 0.3 is 6.18 Å². The van der Waals surface area contributed by atoms with Gasteiger partial charge in [0.05, 0.1) is 22.6 Å². The number of Topliss-reactive ketones (excluding diaryl/α,β-unsaturated/α-hetero) is 1. The Bertz CT molecular complexity index is 1600. The molecular formula is C26H18Cl2F5N3O2. The van der Waals surface area contributed by atoms with Crippen molar-refractivity contribution < 1.29 is 26.7 Å². The molecule has 0 saturated heterocycles. The van der Waals surface area contributed by atoms with Gasteiger partial charge in [0.25, 0.3) is 0 Å². The zero-order chi connectivity index (χ0) is 27.9. The predicted molar refractivity (Wildman–Crippen MR) is 136 cm³/mol. The van der Waals surface area contributed by atoms with Crippen LogP contribution in [0, 0.1) is 11.6 Å². The summed E-state index contributed by atoms with van der Waals surface area (Å²) in [4.78, 5) is 32.5. The molecule has 5 nitrogen and oxygen atoms in total. The van der Waals surface area contributed by atoms with Crippen LogP contribution < -0.4 is 10.3 Å². The van der Waals surface area contributed by atoms with Crippen LogP contribution in [0.2, 0.25) is 10.0 Å². The van der Waals surface area contributed by atoms with Crippen LogP contribution in [0.15, 0.2) is 59.5 Å². The summed E-state index contributed by atoms with van der Waals surface area (Å²) >= 11 is 12.0. The van der Waals surface area contributed by atoms with Gasteiger partial charge in [0.1, 0.15) is 17.5 Å². The summed E-state index contributed by atoms with van der Waals surface area (Å²) < 4.78 is 71.7. The highest BCUT2D eigenvalue weighted by molar-refractivity contribution is 6.36. The number of rotatable bonds is 6. The summed E-state index contributed by atoms with van der Waals surface area (Å²) in [7, 11) is 3.34. The first kappa shape index (κ1) is 27.5. The van der Waals surface area contributed by atoms with Crippen molar-refractivity contribution in [3.8, 4) is 5.69 Å². The number of nitrogens with zero attached hydrogens (tertiary/aromatic N) is 3. The maximum atomic E-state index is 14.8. The standard InChI is InChI=1S/C26H18Cl2F5N3O2/c1-35(2)22-9-7-14-24(38)15(12-36(25(14)34-22)20-8-6-13(29)10-19(20)30)21(37)11-16(26(31,32)33)23-17(27)4-3-5-18(23)28/h3-10,12,16H,11H2,1-2H3. The Hall–Kier alpha value is -3.50. The van der Waals surface area contributed by atoms with Gasteiger partial charge in [0, 0.05) is 48.4 Å². The Kier molecular flexibility index (Phi) is 7.49. The van der Waals surface area contributed by atoms with Crippen LogP contribution >= 0.6 is 23.2 Å². The van der Waals surface area contributed by atoms with Crippen molar-refractivity contribution in [1.82, 2.24) is 9.55 Å². The van der Waals surface area contributed by atoms with Gasteiger partial charge in [0.2, 0.25) is 5.43 Å². The van der Waals surface area contributed by atoms with Crippen LogP contribution in [-0.4, -0.2) is 35.6 Å². The Morgan fingerprint density at radius 1 is 1.05 bits per heavy atom. The molecule has 0 radical (unpaired) electrons. The van der Waals surface area contributed by atoms with E-state index < -0.39 is 52.5 Å². The molecule has 0 aliphatic rings. The van der Waals surface area contributed by atoms with Crippen LogP contribution in [0.3, 0.4) is 0 Å². The molecule has 2 aromatic carbocycles. The highest BCUT2D eigenvalue weighted by atomic mass is 35.5. The van der Waals surface area contributed by atoms with Crippen molar-refractivity contribution in [2.45, 2.75) is 18.5 Å². The van der Waals surface area contributed by atoms with Gasteiger partial charge in [-0.2, -0.15) is 13.2 Å². The van der Waals surface area contributed by atoms with Crippen molar-refractivity contribution in [2.24, 2.45) is 0 Å². The summed E-state index contributed by atoms with van der Waals surface area (Å²) in [6.45, 7) is 0. The molecule has 38 heavy (non-hydrogen) atoms. The minimum Gasteiger partial charge on any atom is -0.363 e. The lowest BCUT2D eigenvalue weighted by molar-refractivity contribution is -0.149. The van der Waals surface area contributed by atoms with E-state index >= 15 is 0 Å². The van der Waals surface area contributed by atoms with E-state index in [4.69, 9.17) is 23.2 Å². The minimum atomic E-state index is -4.94. The molecule has 4 rings (SSSR count). The lowest BCUT2D eigenvalue weighted by atomic mass is 9.90. The third-order valence-corrected chi connectivity index (χ3v) is 6.56. The average molecular weight is 570 g/mol. The fourth-order valence-electron chi connectivity index (χ4n) is 4.02. The Morgan fingerprint density at radius 2 is 1.71 bits per heavy atom. The van der Waals surface area contributed by atoms with Crippen molar-refractivity contribution in [1.29, 1.82) is 0 Å². The van der Waals surface area contributed by atoms with Crippen molar-refractivity contribution in [2.75, 3.05) is 19.0 Å². The molecule has 198 valence electrons. The first-order valence-electron chi connectivity index (χ1n) is 11.0. The molecule has 0 amide bonds. The molecule has 0 saturated carbocycles. The quantitative estimate of drug-likeness (QED) is 0.186. The molecular weight excluding hydrogens is 552 g/mol. The second-order valence-corrected chi connectivity index (χ2v) is 9.44. The number of pyridine rings is 2. The van der Waals surface area contributed by atoms with Gasteiger partial charge < -0.3 is 4.90 Å². The number of halogens is 7. The van der Waals surface area contributed by atoms with Gasteiger partial charge in [-0.05, 0) is 36.4 Å². The molecule has 0 aliphatic carbocycles. The highest BCUT2D eigenvalue weighted by Crippen LogP contribution is 2.44. The smallest absolute Gasteiger partial charge is 0.363 e. The molecule has 4 aromatic rings. The number of hydrogen-bond acceptors (Lipinski definition) is 4. The molecule has 0 aliphatic heterocycles. The maximum Gasteiger partial charge on any atom is 0.396 e. The first-order chi connectivity index (χ1) is 17.8. The molecule has 0 spiro atoms. The van der Waals surface area contributed by atoms with Gasteiger partial charge in [-0.1, -0.05) is 29.3 Å². The van der Waals surface area contributed by atoms with Gasteiger partial charge in [-0.3, -0.25) is 14.2 Å². The van der Waals surface area contributed by atoms with E-state index in [1.165, 1.54) is 30.3 Å². The number of benzene rings is 2. The van der Waals surface area contributed by atoms with Crippen molar-refractivity contribution in [3.63, 3.8) is 0 Å². The van der Waals surface area contributed by atoms with E-state index in [1.54, 1.807) is 19.0 Å². The largest absolute Gasteiger partial charge is 0.396 e. The van der Waals surface area contributed by atoms with Crippen LogP contribution in [-0.2, 0) is 0 Å². The fraction of sp³-hybridized carbons (Fsp3) is 0.192. The second-order valence-electron chi connectivity index (χ2n) is 8.63. The maximum absolute atomic E-state index is 14.8. The second kappa shape index (κ2) is 10.3. The molecule has 0 N–H and O–H groups in total. The summed E-state index contributed by atoms with van der Waals surface area (Å²) in [6.07, 6.45) is -5.22. The number of alkyl halides is 3. The van der Waals surface area contributed by atoms with Gasteiger partial charge in [0.15, 0.2) is 11.4 Å². The monoisotopic (exact) mass is 569 g/mol. The Labute approximate surface area is 223 Å². The van der Waals surface area contributed by atoms with E-state index in [-0.39, 0.29) is 26.8 Å². The topological polar surface area (TPSA) is 55.2 Å². The number of ketones is 1. The van der Waals surface area contributed by atoms with E-state index in [0.717, 1.165) is 22.9 Å². The van der Waals surface area contributed by atoms with E-state index in [2.05, 4.69) is 4.98 Å². The van der Waals surface area contributed by atoms with Crippen LogP contribution in [0.5, 0.6) is 0 Å². The summed E-state index contributed by atoms with van der Waals surface area (Å²) in [6, 6.07) is 9.19. The van der Waals surface area contributed by atoms with E-state index in [9.17, 15) is 31.5 Å². The SMILES string of the molecule is CN(C)c1ccc2c(=O)c(C(=O)CC(c3c(Cl)cccc3Cl)C(F)(F)F)cn(-c3ccc(F)cc3F)c2n1.